The van der Waals surface area contributed by atoms with Crippen molar-refractivity contribution in [1.82, 2.24) is 5.32 Å². The molecule has 6 nitrogen and oxygen atoms in total. The highest BCUT2D eigenvalue weighted by molar-refractivity contribution is 5.91. The predicted octanol–water partition coefficient (Wildman–Crippen LogP) is 0.877. The third-order valence-corrected chi connectivity index (χ3v) is 2.40. The van der Waals surface area contributed by atoms with Crippen LogP contribution >= 0.6 is 0 Å². The van der Waals surface area contributed by atoms with Crippen LogP contribution in [0.1, 0.15) is 20.3 Å². The third-order valence-electron chi connectivity index (χ3n) is 2.40. The van der Waals surface area contributed by atoms with Crippen molar-refractivity contribution in [2.24, 2.45) is 5.73 Å². The van der Waals surface area contributed by atoms with Crippen LogP contribution in [0, 0.1) is 0 Å². The van der Waals surface area contributed by atoms with Gasteiger partial charge in [-0.2, -0.15) is 0 Å². The Labute approximate surface area is 118 Å². The Morgan fingerprint density at radius 3 is 2.75 bits per heavy atom. The van der Waals surface area contributed by atoms with Gasteiger partial charge in [-0.3, -0.25) is 9.59 Å². The lowest BCUT2D eigenvalue weighted by Crippen LogP contribution is -2.27. The van der Waals surface area contributed by atoms with Crippen LogP contribution in [-0.4, -0.2) is 31.0 Å². The van der Waals surface area contributed by atoms with E-state index in [2.05, 4.69) is 10.6 Å². The molecule has 0 spiro atoms. The second kappa shape index (κ2) is 8.16. The normalized spacial score (nSPS) is 10.3. The highest BCUT2D eigenvalue weighted by atomic mass is 16.5. The lowest BCUT2D eigenvalue weighted by Gasteiger charge is -2.10. The molecular formula is C14H21N3O3. The number of rotatable bonds is 8. The Kier molecular flexibility index (Phi) is 6.52. The van der Waals surface area contributed by atoms with Crippen LogP contribution in [0.15, 0.2) is 24.3 Å². The molecule has 0 aliphatic heterocycles. The van der Waals surface area contributed by atoms with Crippen molar-refractivity contribution in [2.75, 3.05) is 18.5 Å². The zero-order valence-corrected chi connectivity index (χ0v) is 11.8. The summed E-state index contributed by atoms with van der Waals surface area (Å²) in [5.74, 6) is -0.133. The smallest absolute Gasteiger partial charge is 0.255 e. The number of benzene rings is 1. The summed E-state index contributed by atoms with van der Waals surface area (Å²) in [6.45, 7) is 4.49. The van der Waals surface area contributed by atoms with E-state index in [0.29, 0.717) is 30.4 Å². The number of carbonyl (C=O) groups is 2. The van der Waals surface area contributed by atoms with Gasteiger partial charge in [-0.15, -0.1) is 0 Å². The van der Waals surface area contributed by atoms with Crippen LogP contribution in [0.5, 0.6) is 5.75 Å². The molecule has 0 unspecified atom stereocenters. The van der Waals surface area contributed by atoms with Gasteiger partial charge in [0.25, 0.3) is 5.91 Å². The van der Waals surface area contributed by atoms with Gasteiger partial charge in [0.2, 0.25) is 5.91 Å². The SMILES string of the molecule is CC(C)NCCC(=O)Nc1cccc(OCC(N)=O)c1. The van der Waals surface area contributed by atoms with Gasteiger partial charge < -0.3 is 21.1 Å². The van der Waals surface area contributed by atoms with Crippen LogP contribution in [0.3, 0.4) is 0 Å². The van der Waals surface area contributed by atoms with Gasteiger partial charge in [0.1, 0.15) is 5.75 Å². The van der Waals surface area contributed by atoms with Crippen LogP contribution in [0.4, 0.5) is 5.69 Å². The summed E-state index contributed by atoms with van der Waals surface area (Å²) in [5, 5.41) is 5.94. The minimum absolute atomic E-state index is 0.0785. The highest BCUT2D eigenvalue weighted by Crippen LogP contribution is 2.17. The first-order chi connectivity index (χ1) is 9.47. The molecule has 0 heterocycles. The van der Waals surface area contributed by atoms with E-state index in [-0.39, 0.29) is 12.5 Å². The van der Waals surface area contributed by atoms with E-state index in [1.165, 1.54) is 0 Å². The lowest BCUT2D eigenvalue weighted by molar-refractivity contribution is -0.120. The van der Waals surface area contributed by atoms with Crippen LogP contribution in [-0.2, 0) is 9.59 Å². The maximum atomic E-state index is 11.7. The molecule has 0 bridgehead atoms. The van der Waals surface area contributed by atoms with Gasteiger partial charge in [-0.05, 0) is 12.1 Å². The van der Waals surface area contributed by atoms with Gasteiger partial charge in [-0.25, -0.2) is 0 Å². The molecule has 0 saturated carbocycles. The molecule has 0 aliphatic rings. The molecule has 1 aromatic carbocycles. The standard InChI is InChI=1S/C14H21N3O3/c1-10(2)16-7-6-14(19)17-11-4-3-5-12(8-11)20-9-13(15)18/h3-5,8,10,16H,6-7,9H2,1-2H3,(H2,15,18)(H,17,19). The molecule has 110 valence electrons. The second-order valence-corrected chi connectivity index (χ2v) is 4.69. The minimum Gasteiger partial charge on any atom is -0.484 e. The zero-order chi connectivity index (χ0) is 15.0. The van der Waals surface area contributed by atoms with Gasteiger partial charge in [0.15, 0.2) is 6.61 Å². The van der Waals surface area contributed by atoms with E-state index in [9.17, 15) is 9.59 Å². The fourth-order valence-corrected chi connectivity index (χ4v) is 1.52. The summed E-state index contributed by atoms with van der Waals surface area (Å²) in [4.78, 5) is 22.3. The molecule has 20 heavy (non-hydrogen) atoms. The van der Waals surface area contributed by atoms with Crippen molar-refractivity contribution in [3.05, 3.63) is 24.3 Å². The molecule has 1 rings (SSSR count). The summed E-state index contributed by atoms with van der Waals surface area (Å²) in [5.41, 5.74) is 5.62. The maximum absolute atomic E-state index is 11.7. The van der Waals surface area contributed by atoms with Crippen molar-refractivity contribution in [2.45, 2.75) is 26.3 Å². The Morgan fingerprint density at radius 1 is 1.35 bits per heavy atom. The fourth-order valence-electron chi connectivity index (χ4n) is 1.52. The van der Waals surface area contributed by atoms with Crippen LogP contribution in [0.2, 0.25) is 0 Å². The van der Waals surface area contributed by atoms with E-state index < -0.39 is 5.91 Å². The zero-order valence-electron chi connectivity index (χ0n) is 11.8. The summed E-state index contributed by atoms with van der Waals surface area (Å²) < 4.78 is 5.16. The first-order valence-corrected chi connectivity index (χ1v) is 6.52. The van der Waals surface area contributed by atoms with Gasteiger partial charge in [0, 0.05) is 30.8 Å². The van der Waals surface area contributed by atoms with E-state index in [4.69, 9.17) is 10.5 Å². The Hall–Kier alpha value is -2.08. The van der Waals surface area contributed by atoms with Gasteiger partial charge >= 0.3 is 0 Å². The van der Waals surface area contributed by atoms with Crippen molar-refractivity contribution in [3.8, 4) is 5.75 Å². The summed E-state index contributed by atoms with van der Waals surface area (Å²) in [7, 11) is 0. The van der Waals surface area contributed by atoms with Crippen LogP contribution in [0.25, 0.3) is 0 Å². The molecule has 0 aliphatic carbocycles. The number of hydrogen-bond acceptors (Lipinski definition) is 4. The van der Waals surface area contributed by atoms with E-state index in [1.54, 1.807) is 24.3 Å². The first-order valence-electron chi connectivity index (χ1n) is 6.52. The maximum Gasteiger partial charge on any atom is 0.255 e. The number of nitrogens with one attached hydrogen (secondary N) is 2. The number of anilines is 1. The van der Waals surface area contributed by atoms with E-state index in [0.717, 1.165) is 0 Å². The number of amides is 2. The predicted molar refractivity (Wildman–Crippen MR) is 77.5 cm³/mol. The Bertz CT molecular complexity index is 461. The molecule has 1 aromatic rings. The quantitative estimate of drug-likeness (QED) is 0.658. The monoisotopic (exact) mass is 279 g/mol. The number of primary amides is 1. The molecule has 6 heteroatoms. The summed E-state index contributed by atoms with van der Waals surface area (Å²) in [6, 6.07) is 7.19. The molecule has 0 fully saturated rings. The van der Waals surface area contributed by atoms with Crippen LogP contribution < -0.4 is 21.1 Å². The molecular weight excluding hydrogens is 258 g/mol. The van der Waals surface area contributed by atoms with E-state index in [1.807, 2.05) is 13.8 Å². The number of ether oxygens (including phenoxy) is 1. The summed E-state index contributed by atoms with van der Waals surface area (Å²) >= 11 is 0. The molecule has 4 N–H and O–H groups in total. The van der Waals surface area contributed by atoms with Crippen molar-refractivity contribution in [3.63, 3.8) is 0 Å². The van der Waals surface area contributed by atoms with Gasteiger partial charge in [-0.1, -0.05) is 19.9 Å². The number of hydrogen-bond donors (Lipinski definition) is 3. The lowest BCUT2D eigenvalue weighted by atomic mass is 10.3. The van der Waals surface area contributed by atoms with Crippen molar-refractivity contribution in [1.29, 1.82) is 0 Å². The van der Waals surface area contributed by atoms with E-state index >= 15 is 0 Å². The Morgan fingerprint density at radius 2 is 2.10 bits per heavy atom. The Balaban J connectivity index is 2.44. The topological polar surface area (TPSA) is 93.4 Å². The molecule has 0 saturated heterocycles. The fraction of sp³-hybridized carbons (Fsp3) is 0.429. The van der Waals surface area contributed by atoms with Crippen molar-refractivity contribution < 1.29 is 14.3 Å². The molecule has 0 atom stereocenters. The number of carbonyl (C=O) groups excluding carboxylic acids is 2. The highest BCUT2D eigenvalue weighted by Gasteiger charge is 2.04. The average molecular weight is 279 g/mol. The molecule has 0 radical (unpaired) electrons. The van der Waals surface area contributed by atoms with Crippen molar-refractivity contribution >= 4 is 17.5 Å². The average Bonchev–Trinajstić information content (AvgIpc) is 2.36. The minimum atomic E-state index is -0.542. The molecule has 2 amide bonds. The molecule has 0 aromatic heterocycles. The van der Waals surface area contributed by atoms with Gasteiger partial charge in [0.05, 0.1) is 0 Å². The summed E-state index contributed by atoms with van der Waals surface area (Å²) in [6.07, 6.45) is 0.393. The largest absolute Gasteiger partial charge is 0.484 e. The third kappa shape index (κ3) is 6.75. The first kappa shape index (κ1) is 16.0. The second-order valence-electron chi connectivity index (χ2n) is 4.69. The number of nitrogens with two attached hydrogens (primary N) is 1.